The van der Waals surface area contributed by atoms with Crippen LogP contribution in [0.3, 0.4) is 0 Å². The molecule has 0 aromatic heterocycles. The van der Waals surface area contributed by atoms with Gasteiger partial charge in [0.1, 0.15) is 0 Å². The van der Waals surface area contributed by atoms with Gasteiger partial charge in [-0.05, 0) is 38.0 Å². The molecule has 0 fully saturated rings. The number of rotatable bonds is 7. The molecule has 2 N–H and O–H groups in total. The Morgan fingerprint density at radius 3 is 2.42 bits per heavy atom. The van der Waals surface area contributed by atoms with Crippen LogP contribution < -0.4 is 10.6 Å². The molecule has 0 radical (unpaired) electrons. The van der Waals surface area contributed by atoms with Crippen molar-refractivity contribution in [2.24, 2.45) is 4.99 Å². The zero-order chi connectivity index (χ0) is 20.0. The molecule has 0 spiro atoms. The molecule has 8 heteroatoms. The topological polar surface area (TPSA) is 90.9 Å². The molecule has 0 aliphatic carbocycles. The molecule has 26 heavy (non-hydrogen) atoms. The van der Waals surface area contributed by atoms with Crippen molar-refractivity contribution in [1.82, 2.24) is 15.5 Å². The van der Waals surface area contributed by atoms with Gasteiger partial charge in [-0.3, -0.25) is 9.79 Å². The Kier molecular flexibility index (Phi) is 7.62. The number of benzene rings is 1. The third-order valence-electron chi connectivity index (χ3n) is 4.20. The molecule has 7 nitrogen and oxygen atoms in total. The van der Waals surface area contributed by atoms with Gasteiger partial charge in [0.25, 0.3) is 5.91 Å². The molecule has 0 unspecified atom stereocenters. The van der Waals surface area contributed by atoms with Crippen LogP contribution in [-0.2, 0) is 16.3 Å². The minimum absolute atomic E-state index is 0.0275. The summed E-state index contributed by atoms with van der Waals surface area (Å²) in [5.41, 5.74) is 1.70. The number of carbonyl (C=O) groups is 1. The number of carbonyl (C=O) groups excluding carboxylic acids is 1. The fourth-order valence-electron chi connectivity index (χ4n) is 2.09. The van der Waals surface area contributed by atoms with E-state index in [-0.39, 0.29) is 12.5 Å². The van der Waals surface area contributed by atoms with Crippen LogP contribution >= 0.6 is 0 Å². The van der Waals surface area contributed by atoms with E-state index in [1.807, 2.05) is 18.2 Å². The van der Waals surface area contributed by atoms with Crippen molar-refractivity contribution >= 4 is 21.7 Å². The van der Waals surface area contributed by atoms with E-state index in [0.717, 1.165) is 5.56 Å². The Morgan fingerprint density at radius 2 is 1.88 bits per heavy atom. The minimum atomic E-state index is -3.17. The Hall–Kier alpha value is -2.09. The van der Waals surface area contributed by atoms with Crippen molar-refractivity contribution in [1.29, 1.82) is 0 Å². The van der Waals surface area contributed by atoms with Crippen LogP contribution in [0.5, 0.6) is 0 Å². The first-order valence-electron chi connectivity index (χ1n) is 8.42. The Labute approximate surface area is 156 Å². The molecule has 0 bridgehead atoms. The predicted molar refractivity (Wildman–Crippen MR) is 106 cm³/mol. The molecule has 1 rings (SSSR count). The molecule has 0 atom stereocenters. The molecule has 0 saturated carbocycles. The van der Waals surface area contributed by atoms with E-state index in [4.69, 9.17) is 0 Å². The number of hydrogen-bond acceptors (Lipinski definition) is 4. The lowest BCUT2D eigenvalue weighted by Gasteiger charge is -2.24. The summed E-state index contributed by atoms with van der Waals surface area (Å²) in [5.74, 6) is 0.516. The van der Waals surface area contributed by atoms with E-state index in [9.17, 15) is 13.2 Å². The number of aliphatic imine (C=N–C) groups is 1. The average molecular weight is 383 g/mol. The summed E-state index contributed by atoms with van der Waals surface area (Å²) in [4.78, 5) is 17.7. The van der Waals surface area contributed by atoms with Crippen LogP contribution in [-0.4, -0.2) is 70.4 Å². The maximum Gasteiger partial charge on any atom is 0.253 e. The third kappa shape index (κ3) is 6.33. The third-order valence-corrected chi connectivity index (χ3v) is 6.35. The highest BCUT2D eigenvalue weighted by atomic mass is 32.2. The number of guanidine groups is 1. The first-order chi connectivity index (χ1) is 12.0. The van der Waals surface area contributed by atoms with Crippen molar-refractivity contribution < 1.29 is 13.2 Å². The zero-order valence-electron chi connectivity index (χ0n) is 16.5. The van der Waals surface area contributed by atoms with Gasteiger partial charge in [0.2, 0.25) is 0 Å². The lowest BCUT2D eigenvalue weighted by Crippen LogP contribution is -2.48. The molecule has 1 amide bonds. The molecule has 146 valence electrons. The zero-order valence-corrected chi connectivity index (χ0v) is 17.3. The highest BCUT2D eigenvalue weighted by Gasteiger charge is 2.30. The highest BCUT2D eigenvalue weighted by molar-refractivity contribution is 7.92. The predicted octanol–water partition coefficient (Wildman–Crippen LogP) is 0.919. The summed E-state index contributed by atoms with van der Waals surface area (Å²) < 4.78 is 22.6. The van der Waals surface area contributed by atoms with E-state index >= 15 is 0 Å². The normalized spacial score (nSPS) is 12.6. The molecule has 0 heterocycles. The van der Waals surface area contributed by atoms with Crippen LogP contribution in [0.2, 0.25) is 0 Å². The van der Waals surface area contributed by atoms with E-state index < -0.39 is 14.6 Å². The van der Waals surface area contributed by atoms with Gasteiger partial charge >= 0.3 is 0 Å². The summed E-state index contributed by atoms with van der Waals surface area (Å²) in [6, 6.07) is 7.52. The molecular weight excluding hydrogens is 352 g/mol. The summed E-state index contributed by atoms with van der Waals surface area (Å²) in [6.07, 6.45) is 1.94. The molecule has 1 aromatic carbocycles. The lowest BCUT2D eigenvalue weighted by atomic mass is 10.1. The monoisotopic (exact) mass is 382 g/mol. The second-order valence-electron chi connectivity index (χ2n) is 7.03. The second-order valence-corrected chi connectivity index (χ2v) is 9.68. The number of hydrogen-bond donors (Lipinski definition) is 2. The van der Waals surface area contributed by atoms with Crippen LogP contribution in [0.15, 0.2) is 29.3 Å². The minimum Gasteiger partial charge on any atom is -0.356 e. The first-order valence-corrected chi connectivity index (χ1v) is 10.3. The average Bonchev–Trinajstić information content (AvgIpc) is 2.56. The van der Waals surface area contributed by atoms with Gasteiger partial charge in [-0.2, -0.15) is 0 Å². The van der Waals surface area contributed by atoms with E-state index in [1.165, 1.54) is 6.26 Å². The number of nitrogens with zero attached hydrogens (tertiary/aromatic N) is 2. The molecular formula is C18H30N4O3S. The van der Waals surface area contributed by atoms with Gasteiger partial charge < -0.3 is 15.5 Å². The fraction of sp³-hybridized carbons (Fsp3) is 0.556. The van der Waals surface area contributed by atoms with Crippen LogP contribution in [0, 0.1) is 0 Å². The Morgan fingerprint density at radius 1 is 1.23 bits per heavy atom. The van der Waals surface area contributed by atoms with Gasteiger partial charge in [-0.1, -0.05) is 12.1 Å². The Bertz CT molecular complexity index is 755. The number of sulfone groups is 1. The standard InChI is InChI=1S/C18H30N4O3S/c1-18(2,26(6,24)25)13-21-17(19-3)20-11-10-14-8-7-9-15(12-14)16(23)22(4)5/h7-9,12H,10-11,13H2,1-6H3,(H2,19,20,21). The van der Waals surface area contributed by atoms with Crippen molar-refractivity contribution in [3.8, 4) is 0 Å². The van der Waals surface area contributed by atoms with Gasteiger partial charge in [0.05, 0.1) is 4.75 Å². The quantitative estimate of drug-likeness (QED) is 0.541. The molecule has 0 aliphatic rings. The van der Waals surface area contributed by atoms with Crippen LogP contribution in [0.4, 0.5) is 0 Å². The largest absolute Gasteiger partial charge is 0.356 e. The van der Waals surface area contributed by atoms with E-state index in [0.29, 0.717) is 24.5 Å². The van der Waals surface area contributed by atoms with Gasteiger partial charge in [-0.25, -0.2) is 8.42 Å². The number of nitrogens with one attached hydrogen (secondary N) is 2. The van der Waals surface area contributed by atoms with Crippen molar-refractivity contribution in [2.45, 2.75) is 25.0 Å². The smallest absolute Gasteiger partial charge is 0.253 e. The summed E-state index contributed by atoms with van der Waals surface area (Å²) >= 11 is 0. The second kappa shape index (κ2) is 9.02. The fourth-order valence-corrected chi connectivity index (χ4v) is 2.43. The van der Waals surface area contributed by atoms with Gasteiger partial charge in [0.15, 0.2) is 15.8 Å². The van der Waals surface area contributed by atoms with Gasteiger partial charge in [0, 0.05) is 46.1 Å². The van der Waals surface area contributed by atoms with Crippen molar-refractivity contribution in [3.63, 3.8) is 0 Å². The summed E-state index contributed by atoms with van der Waals surface area (Å²) in [6.45, 7) is 4.22. The van der Waals surface area contributed by atoms with Gasteiger partial charge in [-0.15, -0.1) is 0 Å². The highest BCUT2D eigenvalue weighted by Crippen LogP contribution is 2.13. The first kappa shape index (κ1) is 22.0. The molecule has 0 saturated heterocycles. The van der Waals surface area contributed by atoms with E-state index in [2.05, 4.69) is 15.6 Å². The molecule has 1 aromatic rings. The lowest BCUT2D eigenvalue weighted by molar-refractivity contribution is 0.0827. The maximum atomic E-state index is 12.0. The summed E-state index contributed by atoms with van der Waals surface area (Å²) in [5, 5.41) is 6.21. The van der Waals surface area contributed by atoms with E-state index in [1.54, 1.807) is 46.0 Å². The maximum absolute atomic E-state index is 12.0. The SMILES string of the molecule is CN=C(NCCc1cccc(C(=O)N(C)C)c1)NCC(C)(C)S(C)(=O)=O. The van der Waals surface area contributed by atoms with Crippen molar-refractivity contribution in [3.05, 3.63) is 35.4 Å². The summed E-state index contributed by atoms with van der Waals surface area (Å²) in [7, 11) is 1.92. The van der Waals surface area contributed by atoms with Crippen LogP contribution in [0.25, 0.3) is 0 Å². The van der Waals surface area contributed by atoms with Crippen molar-refractivity contribution in [2.75, 3.05) is 40.5 Å². The Balaban J connectivity index is 2.59. The molecule has 0 aliphatic heterocycles. The van der Waals surface area contributed by atoms with Crippen LogP contribution in [0.1, 0.15) is 29.8 Å². The number of amides is 1.